The Bertz CT molecular complexity index is 688. The molecule has 1 aliphatic heterocycles. The zero-order valence-electron chi connectivity index (χ0n) is 11.7. The van der Waals surface area contributed by atoms with Gasteiger partial charge in [-0.1, -0.05) is 30.0 Å². The first-order valence-corrected chi connectivity index (χ1v) is 7.33. The lowest BCUT2D eigenvalue weighted by molar-refractivity contribution is -0.133. The largest absolute Gasteiger partial charge is 0.478 e. The van der Waals surface area contributed by atoms with Crippen LogP contribution < -0.4 is 11.1 Å². The highest BCUT2D eigenvalue weighted by Gasteiger charge is 2.30. The van der Waals surface area contributed by atoms with Gasteiger partial charge in [-0.2, -0.15) is 0 Å². The molecule has 1 amide bonds. The first kappa shape index (κ1) is 16.0. The number of amides is 1. The molecule has 0 fully saturated rings. The van der Waals surface area contributed by atoms with E-state index in [1.165, 1.54) is 18.2 Å². The SMILES string of the molecule is CC1=C(C(=O)O)C(c2ccccc2F)N=C(SCC(N)=O)N1. The lowest BCUT2D eigenvalue weighted by Gasteiger charge is -2.24. The average molecular weight is 323 g/mol. The van der Waals surface area contributed by atoms with Crippen LogP contribution in [-0.4, -0.2) is 27.9 Å². The molecule has 22 heavy (non-hydrogen) atoms. The average Bonchev–Trinajstić information content (AvgIpc) is 2.44. The molecular formula is C14H14FN3O3S. The Kier molecular flexibility index (Phi) is 4.81. The first-order chi connectivity index (χ1) is 10.4. The molecule has 0 spiro atoms. The van der Waals surface area contributed by atoms with E-state index in [2.05, 4.69) is 10.3 Å². The van der Waals surface area contributed by atoms with Crippen LogP contribution in [0, 0.1) is 5.82 Å². The number of primary amides is 1. The van der Waals surface area contributed by atoms with Crippen LogP contribution >= 0.6 is 11.8 Å². The fourth-order valence-electron chi connectivity index (χ4n) is 2.06. The number of benzene rings is 1. The Balaban J connectivity index is 2.43. The van der Waals surface area contributed by atoms with Crippen molar-refractivity contribution in [3.05, 3.63) is 46.9 Å². The maximum Gasteiger partial charge on any atom is 0.335 e. The summed E-state index contributed by atoms with van der Waals surface area (Å²) in [5.74, 6) is -2.25. The number of amidine groups is 1. The predicted octanol–water partition coefficient (Wildman–Crippen LogP) is 1.40. The highest BCUT2D eigenvalue weighted by atomic mass is 32.2. The second kappa shape index (κ2) is 6.61. The van der Waals surface area contributed by atoms with Gasteiger partial charge in [-0.15, -0.1) is 0 Å². The van der Waals surface area contributed by atoms with Crippen LogP contribution in [0.25, 0.3) is 0 Å². The molecule has 4 N–H and O–H groups in total. The summed E-state index contributed by atoms with van der Waals surface area (Å²) in [6.07, 6.45) is 0. The minimum atomic E-state index is -1.18. The van der Waals surface area contributed by atoms with Crippen LogP contribution in [0.1, 0.15) is 18.5 Å². The molecule has 1 unspecified atom stereocenters. The lowest BCUT2D eigenvalue weighted by Crippen LogP contribution is -2.31. The number of hydrogen-bond donors (Lipinski definition) is 3. The minimum absolute atomic E-state index is 0.00842. The summed E-state index contributed by atoms with van der Waals surface area (Å²) in [5.41, 5.74) is 5.56. The number of rotatable bonds is 4. The van der Waals surface area contributed by atoms with Crippen LogP contribution in [0.15, 0.2) is 40.5 Å². The van der Waals surface area contributed by atoms with Gasteiger partial charge in [0.25, 0.3) is 0 Å². The fourth-order valence-corrected chi connectivity index (χ4v) is 2.74. The number of nitrogens with zero attached hydrogens (tertiary/aromatic N) is 1. The molecule has 1 aromatic carbocycles. The predicted molar refractivity (Wildman–Crippen MR) is 81.7 cm³/mol. The molecule has 1 heterocycles. The minimum Gasteiger partial charge on any atom is -0.478 e. The highest BCUT2D eigenvalue weighted by molar-refractivity contribution is 8.14. The number of thioether (sulfide) groups is 1. The van der Waals surface area contributed by atoms with Crippen LogP contribution in [0.4, 0.5) is 4.39 Å². The molecule has 6 nitrogen and oxygen atoms in total. The second-order valence-corrected chi connectivity index (χ2v) is 5.55. The molecule has 1 aliphatic rings. The summed E-state index contributed by atoms with van der Waals surface area (Å²) in [4.78, 5) is 26.5. The third-order valence-electron chi connectivity index (χ3n) is 3.00. The summed E-state index contributed by atoms with van der Waals surface area (Å²) in [5, 5.41) is 12.5. The molecule has 116 valence electrons. The number of allylic oxidation sites excluding steroid dienone is 1. The van der Waals surface area contributed by atoms with Crippen molar-refractivity contribution in [2.24, 2.45) is 10.7 Å². The van der Waals surface area contributed by atoms with Gasteiger partial charge in [0, 0.05) is 11.3 Å². The second-order valence-electron chi connectivity index (χ2n) is 4.58. The summed E-state index contributed by atoms with van der Waals surface area (Å²) in [6, 6.07) is 4.89. The van der Waals surface area contributed by atoms with Crippen molar-refractivity contribution in [2.75, 3.05) is 5.75 Å². The number of aliphatic carboxylic acids is 1. The van der Waals surface area contributed by atoms with E-state index in [0.717, 1.165) is 11.8 Å². The van der Waals surface area contributed by atoms with E-state index in [1.807, 2.05) is 0 Å². The Morgan fingerprint density at radius 1 is 1.45 bits per heavy atom. The van der Waals surface area contributed by atoms with E-state index in [0.29, 0.717) is 10.9 Å². The molecule has 0 saturated carbocycles. The molecule has 0 bridgehead atoms. The van der Waals surface area contributed by atoms with Gasteiger partial charge in [-0.3, -0.25) is 4.79 Å². The van der Waals surface area contributed by atoms with Crippen LogP contribution in [0.2, 0.25) is 0 Å². The van der Waals surface area contributed by atoms with Gasteiger partial charge in [-0.05, 0) is 13.0 Å². The van der Waals surface area contributed by atoms with Crippen molar-refractivity contribution in [3.8, 4) is 0 Å². The van der Waals surface area contributed by atoms with Crippen LogP contribution in [0.3, 0.4) is 0 Å². The molecule has 0 radical (unpaired) electrons. The van der Waals surface area contributed by atoms with Crippen molar-refractivity contribution < 1.29 is 19.1 Å². The maximum atomic E-state index is 14.0. The molecule has 0 saturated heterocycles. The highest BCUT2D eigenvalue weighted by Crippen LogP contribution is 2.33. The Hall–Kier alpha value is -2.35. The number of nitrogens with two attached hydrogens (primary N) is 1. The van der Waals surface area contributed by atoms with Gasteiger partial charge in [-0.25, -0.2) is 14.2 Å². The number of carboxylic acids is 1. The zero-order valence-corrected chi connectivity index (χ0v) is 12.5. The van der Waals surface area contributed by atoms with Crippen LogP contribution in [0.5, 0.6) is 0 Å². The molecule has 0 aliphatic carbocycles. The number of carboxylic acid groups (broad SMARTS) is 1. The third kappa shape index (κ3) is 3.45. The van der Waals surface area contributed by atoms with Gasteiger partial charge < -0.3 is 16.2 Å². The summed E-state index contributed by atoms with van der Waals surface area (Å²) >= 11 is 1.04. The van der Waals surface area contributed by atoms with Crippen molar-refractivity contribution in [2.45, 2.75) is 13.0 Å². The lowest BCUT2D eigenvalue weighted by atomic mass is 9.96. The third-order valence-corrected chi connectivity index (χ3v) is 3.91. The normalized spacial score (nSPS) is 17.7. The van der Waals surface area contributed by atoms with E-state index in [-0.39, 0.29) is 16.9 Å². The van der Waals surface area contributed by atoms with Gasteiger partial charge in [0.15, 0.2) is 5.17 Å². The Morgan fingerprint density at radius 3 is 2.73 bits per heavy atom. The maximum absolute atomic E-state index is 14.0. The number of halogens is 1. The molecule has 1 atom stereocenters. The number of carbonyl (C=O) groups is 2. The Morgan fingerprint density at radius 2 is 2.14 bits per heavy atom. The molecule has 0 aromatic heterocycles. The summed E-state index contributed by atoms with van der Waals surface area (Å²) < 4.78 is 14.0. The van der Waals surface area contributed by atoms with E-state index in [1.54, 1.807) is 13.0 Å². The fraction of sp³-hybridized carbons (Fsp3) is 0.214. The quantitative estimate of drug-likeness (QED) is 0.777. The number of nitrogens with one attached hydrogen (secondary N) is 1. The van der Waals surface area contributed by atoms with Crippen molar-refractivity contribution in [1.29, 1.82) is 0 Å². The van der Waals surface area contributed by atoms with Crippen LogP contribution in [-0.2, 0) is 9.59 Å². The summed E-state index contributed by atoms with van der Waals surface area (Å²) in [7, 11) is 0. The molecule has 1 aromatic rings. The topological polar surface area (TPSA) is 105 Å². The van der Waals surface area contributed by atoms with E-state index < -0.39 is 23.7 Å². The van der Waals surface area contributed by atoms with Crippen molar-refractivity contribution in [3.63, 3.8) is 0 Å². The number of carbonyl (C=O) groups excluding carboxylic acids is 1. The number of hydrogen-bond acceptors (Lipinski definition) is 5. The zero-order chi connectivity index (χ0) is 16.3. The van der Waals surface area contributed by atoms with Gasteiger partial charge in [0.2, 0.25) is 5.91 Å². The smallest absolute Gasteiger partial charge is 0.335 e. The van der Waals surface area contributed by atoms with Gasteiger partial charge in [0.05, 0.1) is 11.3 Å². The van der Waals surface area contributed by atoms with Crippen molar-refractivity contribution >= 4 is 28.8 Å². The van der Waals surface area contributed by atoms with Crippen molar-refractivity contribution in [1.82, 2.24) is 5.32 Å². The summed E-state index contributed by atoms with van der Waals surface area (Å²) in [6.45, 7) is 1.57. The standard InChI is InChI=1S/C14H14FN3O3S/c1-7-11(13(20)21)12(8-4-2-3-5-9(8)15)18-14(17-7)22-6-10(16)19/h2-5,12H,6H2,1H3,(H2,16,19)(H,17,18)(H,20,21). The number of aliphatic imine (C=N–C) groups is 1. The van der Waals surface area contributed by atoms with E-state index in [9.17, 15) is 19.1 Å². The Labute approximate surface area is 130 Å². The van der Waals surface area contributed by atoms with E-state index in [4.69, 9.17) is 5.73 Å². The molecule has 2 rings (SSSR count). The van der Waals surface area contributed by atoms with E-state index >= 15 is 0 Å². The first-order valence-electron chi connectivity index (χ1n) is 6.34. The molecular weight excluding hydrogens is 309 g/mol. The van der Waals surface area contributed by atoms with Gasteiger partial charge in [0.1, 0.15) is 11.9 Å². The molecule has 8 heteroatoms. The van der Waals surface area contributed by atoms with Gasteiger partial charge >= 0.3 is 5.97 Å². The monoisotopic (exact) mass is 323 g/mol.